The number of nitrogens with zero attached hydrogens (tertiary/aromatic N) is 1. The van der Waals surface area contributed by atoms with Crippen LogP contribution in [-0.4, -0.2) is 38.9 Å². The van der Waals surface area contributed by atoms with E-state index in [1.54, 1.807) is 0 Å². The lowest BCUT2D eigenvalue weighted by Crippen LogP contribution is -2.36. The van der Waals surface area contributed by atoms with Crippen molar-refractivity contribution in [1.82, 2.24) is 0 Å². The van der Waals surface area contributed by atoms with E-state index in [9.17, 15) is 4.79 Å². The zero-order chi connectivity index (χ0) is 14.4. The van der Waals surface area contributed by atoms with E-state index in [0.717, 1.165) is 26.3 Å². The van der Waals surface area contributed by atoms with Crippen LogP contribution in [-0.2, 0) is 14.3 Å². The Balaban J connectivity index is 2.15. The summed E-state index contributed by atoms with van der Waals surface area (Å²) in [4.78, 5) is 13.1. The van der Waals surface area contributed by atoms with Crippen molar-refractivity contribution >= 4 is 17.7 Å². The Kier molecular flexibility index (Phi) is 5.18. The number of aryl methyl sites for hydroxylation is 1. The quantitative estimate of drug-likeness (QED) is 0.791. The lowest BCUT2D eigenvalue weighted by molar-refractivity contribution is -0.139. The van der Waals surface area contributed by atoms with E-state index in [0.29, 0.717) is 6.61 Å². The zero-order valence-corrected chi connectivity index (χ0v) is 12.1. The molecule has 0 unspecified atom stereocenters. The smallest absolute Gasteiger partial charge is 0.302 e. The van der Waals surface area contributed by atoms with Crippen LogP contribution in [0.1, 0.15) is 18.1 Å². The molecule has 0 atom stereocenters. The van der Waals surface area contributed by atoms with Gasteiger partial charge in [-0.05, 0) is 24.6 Å². The fraction of sp³-hybridized carbons (Fsp3) is 0.438. The summed E-state index contributed by atoms with van der Waals surface area (Å²) in [7, 11) is 0. The molecule has 1 aromatic carbocycles. The maximum atomic E-state index is 10.8. The summed E-state index contributed by atoms with van der Waals surface area (Å²) in [5, 5.41) is 0. The highest BCUT2D eigenvalue weighted by molar-refractivity contribution is 5.71. The average Bonchev–Trinajstić information content (AvgIpc) is 2.45. The largest absolute Gasteiger partial charge is 0.462 e. The predicted octanol–water partition coefficient (Wildman–Crippen LogP) is 2.41. The lowest BCUT2D eigenvalue weighted by Gasteiger charge is -2.30. The molecular formula is C16H21NO3. The number of carbonyl (C=O) groups is 1. The summed E-state index contributed by atoms with van der Waals surface area (Å²) in [6, 6.07) is 6.29. The first-order chi connectivity index (χ1) is 9.68. The fourth-order valence-corrected chi connectivity index (χ4v) is 2.29. The minimum absolute atomic E-state index is 0.257. The maximum absolute atomic E-state index is 10.8. The van der Waals surface area contributed by atoms with Gasteiger partial charge >= 0.3 is 5.97 Å². The minimum atomic E-state index is -0.257. The van der Waals surface area contributed by atoms with E-state index in [1.165, 1.54) is 23.7 Å². The van der Waals surface area contributed by atoms with Crippen molar-refractivity contribution in [2.24, 2.45) is 0 Å². The number of hydrogen-bond acceptors (Lipinski definition) is 4. The summed E-state index contributed by atoms with van der Waals surface area (Å²) < 4.78 is 10.3. The summed E-state index contributed by atoms with van der Waals surface area (Å²) in [6.45, 7) is 7.18. The van der Waals surface area contributed by atoms with Gasteiger partial charge in [-0.1, -0.05) is 18.2 Å². The van der Waals surface area contributed by atoms with Crippen LogP contribution in [0.5, 0.6) is 0 Å². The van der Waals surface area contributed by atoms with Crippen molar-refractivity contribution in [2.45, 2.75) is 13.8 Å². The van der Waals surface area contributed by atoms with Crippen molar-refractivity contribution in [3.63, 3.8) is 0 Å². The molecule has 0 aromatic heterocycles. The second-order valence-electron chi connectivity index (χ2n) is 4.81. The van der Waals surface area contributed by atoms with Crippen LogP contribution in [0, 0.1) is 6.92 Å². The van der Waals surface area contributed by atoms with Gasteiger partial charge in [-0.25, -0.2) is 0 Å². The average molecular weight is 275 g/mol. The van der Waals surface area contributed by atoms with Gasteiger partial charge in [-0.3, -0.25) is 4.79 Å². The predicted molar refractivity (Wildman–Crippen MR) is 79.9 cm³/mol. The van der Waals surface area contributed by atoms with Gasteiger partial charge in [0.1, 0.15) is 6.61 Å². The van der Waals surface area contributed by atoms with Gasteiger partial charge in [-0.15, -0.1) is 0 Å². The highest BCUT2D eigenvalue weighted by Gasteiger charge is 2.14. The molecule has 0 amide bonds. The van der Waals surface area contributed by atoms with E-state index < -0.39 is 0 Å². The number of carbonyl (C=O) groups excluding carboxylic acids is 1. The minimum Gasteiger partial charge on any atom is -0.462 e. The van der Waals surface area contributed by atoms with Gasteiger partial charge < -0.3 is 14.4 Å². The first-order valence-electron chi connectivity index (χ1n) is 6.90. The molecule has 2 rings (SSSR count). The van der Waals surface area contributed by atoms with Crippen LogP contribution in [0.25, 0.3) is 6.08 Å². The molecule has 0 N–H and O–H groups in total. The Labute approximate surface area is 120 Å². The maximum Gasteiger partial charge on any atom is 0.302 e. The Hall–Kier alpha value is -1.81. The normalized spacial score (nSPS) is 15.6. The summed E-state index contributed by atoms with van der Waals surface area (Å²) in [6.07, 6.45) is 3.91. The van der Waals surface area contributed by atoms with Crippen LogP contribution < -0.4 is 4.90 Å². The molecule has 0 spiro atoms. The molecule has 4 heteroatoms. The third-order valence-corrected chi connectivity index (χ3v) is 3.32. The molecule has 1 heterocycles. The van der Waals surface area contributed by atoms with Crippen molar-refractivity contribution < 1.29 is 14.3 Å². The van der Waals surface area contributed by atoms with E-state index in [1.807, 2.05) is 12.2 Å². The van der Waals surface area contributed by atoms with Gasteiger partial charge in [0.2, 0.25) is 0 Å². The van der Waals surface area contributed by atoms with Crippen LogP contribution >= 0.6 is 0 Å². The third kappa shape index (κ3) is 3.84. The standard InChI is InChI=1S/C16H21NO3/c1-13-5-3-7-16(17-8-11-19-12-9-17)15(13)6-4-10-20-14(2)18/h3-7H,8-12H2,1-2H3/b6-4+. The highest BCUT2D eigenvalue weighted by atomic mass is 16.5. The first-order valence-corrected chi connectivity index (χ1v) is 6.90. The Bertz CT molecular complexity index is 490. The highest BCUT2D eigenvalue weighted by Crippen LogP contribution is 2.25. The molecule has 108 valence electrons. The molecule has 1 aromatic rings. The summed E-state index contributed by atoms with van der Waals surface area (Å²) in [5.41, 5.74) is 3.61. The van der Waals surface area contributed by atoms with Crippen molar-refractivity contribution in [3.05, 3.63) is 35.4 Å². The van der Waals surface area contributed by atoms with Crippen LogP contribution in [0.4, 0.5) is 5.69 Å². The van der Waals surface area contributed by atoms with Crippen LogP contribution in [0.2, 0.25) is 0 Å². The van der Waals surface area contributed by atoms with Crippen LogP contribution in [0.3, 0.4) is 0 Å². The molecule has 20 heavy (non-hydrogen) atoms. The molecular weight excluding hydrogens is 254 g/mol. The number of benzene rings is 1. The van der Waals surface area contributed by atoms with Gasteiger partial charge in [-0.2, -0.15) is 0 Å². The molecule has 4 nitrogen and oxygen atoms in total. The number of morpholine rings is 1. The SMILES string of the molecule is CC(=O)OC/C=C/c1c(C)cccc1N1CCOCC1. The topological polar surface area (TPSA) is 38.8 Å². The lowest BCUT2D eigenvalue weighted by atomic mass is 10.0. The molecule has 1 aliphatic heterocycles. The molecule has 1 aliphatic rings. The van der Waals surface area contributed by atoms with E-state index in [4.69, 9.17) is 9.47 Å². The Morgan fingerprint density at radius 2 is 2.15 bits per heavy atom. The van der Waals surface area contributed by atoms with Gasteiger partial charge in [0, 0.05) is 31.3 Å². The first kappa shape index (κ1) is 14.6. The second kappa shape index (κ2) is 7.10. The van der Waals surface area contributed by atoms with Gasteiger partial charge in [0.05, 0.1) is 13.2 Å². The third-order valence-electron chi connectivity index (χ3n) is 3.32. The van der Waals surface area contributed by atoms with E-state index >= 15 is 0 Å². The van der Waals surface area contributed by atoms with E-state index in [-0.39, 0.29) is 5.97 Å². The van der Waals surface area contributed by atoms with E-state index in [2.05, 4.69) is 30.0 Å². The number of anilines is 1. The zero-order valence-electron chi connectivity index (χ0n) is 12.1. The number of ether oxygens (including phenoxy) is 2. The number of esters is 1. The second-order valence-corrected chi connectivity index (χ2v) is 4.81. The Morgan fingerprint density at radius 3 is 2.85 bits per heavy atom. The molecule has 1 saturated heterocycles. The summed E-state index contributed by atoms with van der Waals surface area (Å²) >= 11 is 0. The van der Waals surface area contributed by atoms with Gasteiger partial charge in [0.25, 0.3) is 0 Å². The van der Waals surface area contributed by atoms with Crippen molar-refractivity contribution in [2.75, 3.05) is 37.8 Å². The number of hydrogen-bond donors (Lipinski definition) is 0. The number of rotatable bonds is 4. The monoisotopic (exact) mass is 275 g/mol. The molecule has 0 radical (unpaired) electrons. The molecule has 0 aliphatic carbocycles. The van der Waals surface area contributed by atoms with Crippen molar-refractivity contribution in [3.8, 4) is 0 Å². The van der Waals surface area contributed by atoms with Gasteiger partial charge in [0.15, 0.2) is 0 Å². The molecule has 1 fully saturated rings. The fourth-order valence-electron chi connectivity index (χ4n) is 2.29. The molecule has 0 saturated carbocycles. The van der Waals surface area contributed by atoms with Crippen molar-refractivity contribution in [1.29, 1.82) is 0 Å². The summed E-state index contributed by atoms with van der Waals surface area (Å²) in [5.74, 6) is -0.257. The Morgan fingerprint density at radius 1 is 1.40 bits per heavy atom. The van der Waals surface area contributed by atoms with Crippen LogP contribution in [0.15, 0.2) is 24.3 Å². The molecule has 0 bridgehead atoms.